The van der Waals surface area contributed by atoms with E-state index in [1.165, 1.54) is 13.4 Å². The molecule has 1 fully saturated rings. The van der Waals surface area contributed by atoms with E-state index < -0.39 is 6.10 Å². The van der Waals surface area contributed by atoms with Gasteiger partial charge in [-0.25, -0.2) is 14.8 Å². The van der Waals surface area contributed by atoms with Crippen molar-refractivity contribution < 1.29 is 14.3 Å². The molecule has 0 amide bonds. The molecule has 1 saturated heterocycles. The average Bonchev–Trinajstić information content (AvgIpc) is 2.88. The van der Waals surface area contributed by atoms with Crippen molar-refractivity contribution in [3.05, 3.63) is 12.5 Å². The lowest BCUT2D eigenvalue weighted by Crippen LogP contribution is -2.47. The van der Waals surface area contributed by atoms with E-state index in [0.29, 0.717) is 19.7 Å². The van der Waals surface area contributed by atoms with Crippen LogP contribution in [0.5, 0.6) is 0 Å². The van der Waals surface area contributed by atoms with Crippen LogP contribution in [0.3, 0.4) is 0 Å². The predicted molar refractivity (Wildman–Crippen MR) is 70.3 cm³/mol. The van der Waals surface area contributed by atoms with Gasteiger partial charge in [0, 0.05) is 13.6 Å². The smallest absolute Gasteiger partial charge is 0.336 e. The van der Waals surface area contributed by atoms with Gasteiger partial charge in [0.15, 0.2) is 11.8 Å². The summed E-state index contributed by atoms with van der Waals surface area (Å²) in [7, 11) is 3.18. The first-order chi connectivity index (χ1) is 9.70. The highest BCUT2D eigenvalue weighted by molar-refractivity contribution is 5.87. The van der Waals surface area contributed by atoms with E-state index in [2.05, 4.69) is 15.1 Å². The quantitative estimate of drug-likeness (QED) is 0.699. The lowest BCUT2D eigenvalue weighted by atomic mass is 10.2. The first-order valence-electron chi connectivity index (χ1n) is 6.28. The summed E-state index contributed by atoms with van der Waals surface area (Å²) in [5.74, 6) is 0.395. The van der Waals surface area contributed by atoms with E-state index in [4.69, 9.17) is 9.47 Å². The van der Waals surface area contributed by atoms with Crippen LogP contribution in [0.2, 0.25) is 0 Å². The number of rotatable bonds is 2. The summed E-state index contributed by atoms with van der Waals surface area (Å²) in [6.45, 7) is 1.52. The van der Waals surface area contributed by atoms with Gasteiger partial charge in [-0.05, 0) is 0 Å². The van der Waals surface area contributed by atoms with Gasteiger partial charge in [0.25, 0.3) is 0 Å². The molecule has 3 rings (SSSR count). The minimum absolute atomic E-state index is 0.369. The summed E-state index contributed by atoms with van der Waals surface area (Å²) < 4.78 is 11.8. The Morgan fingerprint density at radius 3 is 3.15 bits per heavy atom. The first-order valence-corrected chi connectivity index (χ1v) is 6.28. The number of esters is 1. The third-order valence-electron chi connectivity index (χ3n) is 3.34. The third kappa shape index (κ3) is 2.07. The van der Waals surface area contributed by atoms with Crippen molar-refractivity contribution in [1.29, 1.82) is 0 Å². The molecule has 0 radical (unpaired) electrons. The number of fused-ring (bicyclic) bond motifs is 1. The van der Waals surface area contributed by atoms with Gasteiger partial charge in [-0.15, -0.1) is 0 Å². The second kappa shape index (κ2) is 5.04. The number of ether oxygens (including phenoxy) is 2. The van der Waals surface area contributed by atoms with Crippen molar-refractivity contribution in [3.8, 4) is 0 Å². The van der Waals surface area contributed by atoms with Gasteiger partial charge in [0.2, 0.25) is 0 Å². The van der Waals surface area contributed by atoms with Gasteiger partial charge < -0.3 is 14.4 Å². The van der Waals surface area contributed by atoms with Crippen molar-refractivity contribution in [2.75, 3.05) is 31.7 Å². The SMILES string of the molecule is COC(=O)C1CN(c2ncnc3c2cnn3C)CCO1. The molecule has 8 nitrogen and oxygen atoms in total. The van der Waals surface area contributed by atoms with Crippen molar-refractivity contribution in [2.24, 2.45) is 7.05 Å². The first kappa shape index (κ1) is 12.8. The van der Waals surface area contributed by atoms with Crippen molar-refractivity contribution in [1.82, 2.24) is 19.7 Å². The minimum Gasteiger partial charge on any atom is -0.467 e. The molecule has 0 N–H and O–H groups in total. The van der Waals surface area contributed by atoms with Crippen LogP contribution < -0.4 is 4.90 Å². The molecule has 1 atom stereocenters. The number of methoxy groups -OCH3 is 1. The average molecular weight is 277 g/mol. The molecule has 0 bridgehead atoms. The van der Waals surface area contributed by atoms with E-state index >= 15 is 0 Å². The van der Waals surface area contributed by atoms with Crippen LogP contribution in [0.4, 0.5) is 5.82 Å². The fraction of sp³-hybridized carbons (Fsp3) is 0.500. The molecular formula is C12H15N5O3. The van der Waals surface area contributed by atoms with Crippen LogP contribution in [0.15, 0.2) is 12.5 Å². The maximum atomic E-state index is 11.6. The van der Waals surface area contributed by atoms with Crippen molar-refractivity contribution in [2.45, 2.75) is 6.10 Å². The number of nitrogens with zero attached hydrogens (tertiary/aromatic N) is 5. The molecule has 20 heavy (non-hydrogen) atoms. The molecule has 2 aromatic heterocycles. The molecule has 8 heteroatoms. The normalized spacial score (nSPS) is 19.3. The molecular weight excluding hydrogens is 262 g/mol. The van der Waals surface area contributed by atoms with E-state index in [9.17, 15) is 4.79 Å². The monoisotopic (exact) mass is 277 g/mol. The van der Waals surface area contributed by atoms with E-state index in [-0.39, 0.29) is 5.97 Å². The number of hydrogen-bond donors (Lipinski definition) is 0. The maximum absolute atomic E-state index is 11.6. The highest BCUT2D eigenvalue weighted by atomic mass is 16.6. The van der Waals surface area contributed by atoms with Crippen LogP contribution in [0, 0.1) is 0 Å². The van der Waals surface area contributed by atoms with Gasteiger partial charge in [-0.3, -0.25) is 4.68 Å². The Hall–Kier alpha value is -2.22. The molecule has 0 spiro atoms. The summed E-state index contributed by atoms with van der Waals surface area (Å²) in [5.41, 5.74) is 0.760. The number of aromatic nitrogens is 4. The molecule has 106 valence electrons. The van der Waals surface area contributed by atoms with Crippen molar-refractivity contribution >= 4 is 22.8 Å². The molecule has 1 unspecified atom stereocenters. The van der Waals surface area contributed by atoms with E-state index in [1.807, 2.05) is 11.9 Å². The van der Waals surface area contributed by atoms with E-state index in [1.54, 1.807) is 10.9 Å². The number of hydrogen-bond acceptors (Lipinski definition) is 7. The lowest BCUT2D eigenvalue weighted by Gasteiger charge is -2.32. The molecule has 1 aliphatic heterocycles. The number of carbonyl (C=O) groups is 1. The largest absolute Gasteiger partial charge is 0.467 e. The van der Waals surface area contributed by atoms with Crippen LogP contribution in [0.1, 0.15) is 0 Å². The zero-order valence-electron chi connectivity index (χ0n) is 11.3. The molecule has 2 aromatic rings. The third-order valence-corrected chi connectivity index (χ3v) is 3.34. The molecule has 0 aliphatic carbocycles. The summed E-state index contributed by atoms with van der Waals surface area (Å²) in [4.78, 5) is 22.1. The summed E-state index contributed by atoms with van der Waals surface area (Å²) in [6, 6.07) is 0. The topological polar surface area (TPSA) is 82.4 Å². The second-order valence-electron chi connectivity index (χ2n) is 4.53. The number of anilines is 1. The summed E-state index contributed by atoms with van der Waals surface area (Å²) >= 11 is 0. The highest BCUT2D eigenvalue weighted by Gasteiger charge is 2.29. The summed E-state index contributed by atoms with van der Waals surface area (Å²) in [6.07, 6.45) is 2.64. The molecule has 0 saturated carbocycles. The van der Waals surface area contributed by atoms with Crippen LogP contribution in [-0.4, -0.2) is 58.6 Å². The predicted octanol–water partition coefficient (Wildman–Crippen LogP) is -0.259. The standard InChI is InChI=1S/C12H15N5O3/c1-16-10-8(5-15-16)11(14-7-13-10)17-3-4-20-9(6-17)12(18)19-2/h5,7,9H,3-4,6H2,1-2H3. The fourth-order valence-corrected chi connectivity index (χ4v) is 2.32. The number of morpholine rings is 1. The Balaban J connectivity index is 1.92. The molecule has 0 aromatic carbocycles. The fourth-order valence-electron chi connectivity index (χ4n) is 2.32. The Bertz CT molecular complexity index is 641. The minimum atomic E-state index is -0.588. The molecule has 1 aliphatic rings. The van der Waals surface area contributed by atoms with Crippen LogP contribution >= 0.6 is 0 Å². The van der Waals surface area contributed by atoms with Crippen molar-refractivity contribution in [3.63, 3.8) is 0 Å². The van der Waals surface area contributed by atoms with Crippen LogP contribution in [0.25, 0.3) is 11.0 Å². The summed E-state index contributed by atoms with van der Waals surface area (Å²) in [5, 5.41) is 5.05. The maximum Gasteiger partial charge on any atom is 0.336 e. The zero-order chi connectivity index (χ0) is 14.1. The Labute approximate surface area is 115 Å². The Kier molecular flexibility index (Phi) is 3.23. The van der Waals surface area contributed by atoms with Gasteiger partial charge in [-0.2, -0.15) is 5.10 Å². The molecule has 3 heterocycles. The van der Waals surface area contributed by atoms with Gasteiger partial charge >= 0.3 is 5.97 Å². The Morgan fingerprint density at radius 2 is 2.35 bits per heavy atom. The van der Waals surface area contributed by atoms with E-state index in [0.717, 1.165) is 16.9 Å². The van der Waals surface area contributed by atoms with Gasteiger partial charge in [0.1, 0.15) is 12.1 Å². The number of aryl methyl sites for hydroxylation is 1. The number of carbonyl (C=O) groups excluding carboxylic acids is 1. The van der Waals surface area contributed by atoms with Gasteiger partial charge in [-0.1, -0.05) is 0 Å². The highest BCUT2D eigenvalue weighted by Crippen LogP contribution is 2.24. The Morgan fingerprint density at radius 1 is 1.50 bits per heavy atom. The van der Waals surface area contributed by atoms with Gasteiger partial charge in [0.05, 0.1) is 31.8 Å². The zero-order valence-corrected chi connectivity index (χ0v) is 11.3. The lowest BCUT2D eigenvalue weighted by molar-refractivity contribution is -0.154. The van der Waals surface area contributed by atoms with Crippen LogP contribution in [-0.2, 0) is 21.3 Å². The second-order valence-corrected chi connectivity index (χ2v) is 4.53.